The number of benzene rings is 7. The van der Waals surface area contributed by atoms with E-state index in [1.807, 2.05) is 24.3 Å². The summed E-state index contributed by atoms with van der Waals surface area (Å²) in [5.74, 6) is 0. The van der Waals surface area contributed by atoms with Crippen LogP contribution in [0.5, 0.6) is 0 Å². The lowest BCUT2D eigenvalue weighted by atomic mass is 10.0. The Balaban J connectivity index is 1.43. The van der Waals surface area contributed by atoms with Gasteiger partial charge in [-0.25, -0.2) is 4.85 Å². The van der Waals surface area contributed by atoms with Gasteiger partial charge in [0.2, 0.25) is 5.69 Å². The van der Waals surface area contributed by atoms with Crippen molar-refractivity contribution < 1.29 is 0 Å². The van der Waals surface area contributed by atoms with Crippen LogP contribution in [-0.2, 0) is 0 Å². The summed E-state index contributed by atoms with van der Waals surface area (Å²) in [6.07, 6.45) is 0. The monoisotopic (exact) mass is 688 g/mol. The second kappa shape index (κ2) is 11.4. The number of fused-ring (bicyclic) bond motifs is 6. The van der Waals surface area contributed by atoms with Gasteiger partial charge in [-0.1, -0.05) is 125 Å². The van der Waals surface area contributed by atoms with Gasteiger partial charge in [0.1, 0.15) is 6.07 Å². The minimum Gasteiger partial charge on any atom is -0.317 e. The zero-order chi connectivity index (χ0) is 33.1. The molecule has 0 unspecified atom stereocenters. The molecule has 0 N–H and O–H groups in total. The molecule has 7 aromatic carbocycles. The van der Waals surface area contributed by atoms with E-state index in [0.717, 1.165) is 65.9 Å². The third-order valence-corrected chi connectivity index (χ3v) is 10.1. The second-order valence-electron chi connectivity index (χ2n) is 12.1. The van der Waals surface area contributed by atoms with Gasteiger partial charge < -0.3 is 9.13 Å². The fourth-order valence-electron chi connectivity index (χ4n) is 7.29. The number of rotatable bonds is 4. The highest BCUT2D eigenvalue weighted by atomic mass is 79.9. The molecule has 0 spiro atoms. The Bertz CT molecular complexity index is 2850. The average Bonchev–Trinajstić information content (AvgIpc) is 3.67. The van der Waals surface area contributed by atoms with Crippen molar-refractivity contribution in [2.75, 3.05) is 0 Å². The van der Waals surface area contributed by atoms with Gasteiger partial charge in [0.15, 0.2) is 0 Å². The number of hydrogen-bond acceptors (Lipinski definition) is 1. The first-order valence-corrected chi connectivity index (χ1v) is 16.8. The van der Waals surface area contributed by atoms with E-state index in [1.54, 1.807) is 6.07 Å². The van der Waals surface area contributed by atoms with Gasteiger partial charge in [-0.05, 0) is 64.7 Å². The molecular formula is C44H25BrN4. The zero-order valence-electron chi connectivity index (χ0n) is 26.1. The third-order valence-electron chi connectivity index (χ3n) is 9.44. The van der Waals surface area contributed by atoms with Crippen LogP contribution in [0.15, 0.2) is 156 Å². The van der Waals surface area contributed by atoms with Gasteiger partial charge >= 0.3 is 0 Å². The quantitative estimate of drug-likeness (QED) is 0.170. The lowest BCUT2D eigenvalue weighted by Crippen LogP contribution is -2.07. The Morgan fingerprint density at radius 2 is 0.939 bits per heavy atom. The molecule has 4 nitrogen and oxygen atoms in total. The summed E-state index contributed by atoms with van der Waals surface area (Å²) in [5.41, 5.74) is 10.6. The highest BCUT2D eigenvalue weighted by Crippen LogP contribution is 2.46. The third kappa shape index (κ3) is 4.41. The highest BCUT2D eigenvalue weighted by Gasteiger charge is 2.26. The van der Waals surface area contributed by atoms with Crippen molar-refractivity contribution in [1.82, 2.24) is 9.13 Å². The Hall–Kier alpha value is -6.40. The average molecular weight is 690 g/mol. The first-order valence-electron chi connectivity index (χ1n) is 16.0. The van der Waals surface area contributed by atoms with Crippen molar-refractivity contribution in [1.29, 1.82) is 5.26 Å². The van der Waals surface area contributed by atoms with Gasteiger partial charge in [-0.2, -0.15) is 5.26 Å². The lowest BCUT2D eigenvalue weighted by Gasteiger charge is -2.21. The van der Waals surface area contributed by atoms with Crippen LogP contribution in [0.25, 0.3) is 82.1 Å². The molecule has 0 aliphatic heterocycles. The second-order valence-corrected chi connectivity index (χ2v) is 12.9. The molecule has 49 heavy (non-hydrogen) atoms. The predicted octanol–water partition coefficient (Wildman–Crippen LogP) is 12.4. The summed E-state index contributed by atoms with van der Waals surface area (Å²) in [5, 5.41) is 15.1. The van der Waals surface area contributed by atoms with Gasteiger partial charge in [0.25, 0.3) is 0 Å². The molecule has 0 aliphatic rings. The molecule has 0 saturated carbocycles. The van der Waals surface area contributed by atoms with Gasteiger partial charge in [-0.15, -0.1) is 0 Å². The summed E-state index contributed by atoms with van der Waals surface area (Å²) in [7, 11) is 0. The van der Waals surface area contributed by atoms with E-state index >= 15 is 0 Å². The molecule has 0 amide bonds. The number of nitriles is 1. The van der Waals surface area contributed by atoms with E-state index in [2.05, 4.69) is 157 Å². The Morgan fingerprint density at radius 1 is 0.490 bits per heavy atom. The number of para-hydroxylation sites is 2. The number of hydrogen-bond donors (Lipinski definition) is 0. The Morgan fingerprint density at radius 3 is 1.43 bits per heavy atom. The van der Waals surface area contributed by atoms with Crippen molar-refractivity contribution in [3.8, 4) is 39.7 Å². The van der Waals surface area contributed by atoms with E-state index < -0.39 is 0 Å². The molecule has 0 aliphatic carbocycles. The number of halogens is 1. The van der Waals surface area contributed by atoms with Crippen LogP contribution >= 0.6 is 15.9 Å². The normalized spacial score (nSPS) is 11.3. The highest BCUT2D eigenvalue weighted by molar-refractivity contribution is 9.10. The van der Waals surface area contributed by atoms with Crippen LogP contribution in [-0.4, -0.2) is 9.13 Å². The maximum atomic E-state index is 10.8. The zero-order valence-corrected chi connectivity index (χ0v) is 27.7. The van der Waals surface area contributed by atoms with Crippen LogP contribution < -0.4 is 0 Å². The number of nitrogens with zero attached hydrogens (tertiary/aromatic N) is 4. The van der Waals surface area contributed by atoms with Crippen LogP contribution in [0, 0.1) is 17.9 Å². The molecule has 0 bridgehead atoms. The predicted molar refractivity (Wildman–Crippen MR) is 205 cm³/mol. The molecule has 2 heterocycles. The van der Waals surface area contributed by atoms with Gasteiger partial charge in [0, 0.05) is 26.0 Å². The molecule has 9 rings (SSSR count). The van der Waals surface area contributed by atoms with E-state index in [1.165, 1.54) is 0 Å². The molecule has 9 aromatic rings. The number of aromatic nitrogens is 2. The largest absolute Gasteiger partial charge is 0.317 e. The lowest BCUT2D eigenvalue weighted by molar-refractivity contribution is 1.09. The van der Waals surface area contributed by atoms with Crippen LogP contribution in [0.1, 0.15) is 5.56 Å². The van der Waals surface area contributed by atoms with E-state index in [0.29, 0.717) is 27.1 Å². The van der Waals surface area contributed by atoms with E-state index in [4.69, 9.17) is 6.57 Å². The molecule has 5 heteroatoms. The topological polar surface area (TPSA) is 38.0 Å². The summed E-state index contributed by atoms with van der Waals surface area (Å²) in [4.78, 5) is 4.10. The smallest absolute Gasteiger partial charge is 0.213 e. The Kier molecular flexibility index (Phi) is 6.69. The first-order chi connectivity index (χ1) is 24.2. The minimum absolute atomic E-state index is 0.447. The summed E-state index contributed by atoms with van der Waals surface area (Å²) >= 11 is 3.70. The molecule has 0 saturated heterocycles. The van der Waals surface area contributed by atoms with Crippen molar-refractivity contribution in [2.45, 2.75) is 0 Å². The molecule has 0 atom stereocenters. The van der Waals surface area contributed by atoms with Crippen molar-refractivity contribution in [3.63, 3.8) is 0 Å². The molecule has 0 fully saturated rings. The SMILES string of the molecule is [C-]#[N+]c1cc(Br)c(C#N)c(-n2c3ccccc3c3cc(-c4ccccc4)ccc32)c1-n1c2ccccc2c2cc(-c3ccccc3)ccc21. The van der Waals surface area contributed by atoms with Crippen molar-refractivity contribution in [3.05, 3.63) is 173 Å². The van der Waals surface area contributed by atoms with E-state index in [9.17, 15) is 5.26 Å². The molecule has 2 aromatic heterocycles. The van der Waals surface area contributed by atoms with Gasteiger partial charge in [-0.3, -0.25) is 0 Å². The summed E-state index contributed by atoms with van der Waals surface area (Å²) in [6.45, 7) is 8.44. The van der Waals surface area contributed by atoms with Gasteiger partial charge in [0.05, 0.1) is 45.6 Å². The first kappa shape index (κ1) is 28.8. The fourth-order valence-corrected chi connectivity index (χ4v) is 7.78. The summed E-state index contributed by atoms with van der Waals surface area (Å²) < 4.78 is 4.93. The fraction of sp³-hybridized carbons (Fsp3) is 0. The van der Waals surface area contributed by atoms with E-state index in [-0.39, 0.29) is 0 Å². The van der Waals surface area contributed by atoms with Crippen LogP contribution in [0.3, 0.4) is 0 Å². The molecule has 0 radical (unpaired) electrons. The van der Waals surface area contributed by atoms with Crippen molar-refractivity contribution >= 4 is 65.2 Å². The molecular weight excluding hydrogens is 664 g/mol. The molecule has 228 valence electrons. The minimum atomic E-state index is 0.447. The standard InChI is InChI=1S/C44H25BrN4/c1-47-38-26-37(45)36(27-46)43(48-39-18-10-8-16-32(39)34-24-30(20-22-41(34)48)28-12-4-2-5-13-28)44(38)49-40-19-11-9-17-33(40)35-25-31(21-23-42(35)49)29-14-6-3-7-15-29/h2-26H. The van der Waals surface area contributed by atoms with Crippen LogP contribution in [0.4, 0.5) is 5.69 Å². The van der Waals surface area contributed by atoms with Crippen LogP contribution in [0.2, 0.25) is 0 Å². The van der Waals surface area contributed by atoms with Crippen molar-refractivity contribution in [2.24, 2.45) is 0 Å². The Labute approximate surface area is 291 Å². The maximum Gasteiger partial charge on any atom is 0.213 e. The maximum absolute atomic E-state index is 10.8. The summed E-state index contributed by atoms with van der Waals surface area (Å²) in [6, 6.07) is 54.7.